The lowest BCUT2D eigenvalue weighted by molar-refractivity contribution is 0.137. The van der Waals surface area contributed by atoms with Crippen molar-refractivity contribution in [1.82, 2.24) is 9.71 Å². The van der Waals surface area contributed by atoms with Gasteiger partial charge in [-0.25, -0.2) is 0 Å². The Morgan fingerprint density at radius 1 is 1.19 bits per heavy atom. The standard InChI is InChI=1S/C20H38N2O2SSi/c1-10-13-17(22-25(23)19(2,3)4)18(16-14-11-12-15-21-16)24-26(8,9)20(5,6)7/h11-12,14-15,17-18,22H,10,13H2,1-9H3/t17-,18?,25+/m0/s1. The highest BCUT2D eigenvalue weighted by atomic mass is 32.2. The summed E-state index contributed by atoms with van der Waals surface area (Å²) >= 11 is -1.16. The molecule has 6 heteroatoms. The average Bonchev–Trinajstić information content (AvgIpc) is 2.51. The summed E-state index contributed by atoms with van der Waals surface area (Å²) in [4.78, 5) is 4.58. The molecule has 0 amide bonds. The molecule has 4 nitrogen and oxygen atoms in total. The highest BCUT2D eigenvalue weighted by Crippen LogP contribution is 2.41. The van der Waals surface area contributed by atoms with E-state index in [4.69, 9.17) is 4.43 Å². The lowest BCUT2D eigenvalue weighted by Gasteiger charge is -2.41. The van der Waals surface area contributed by atoms with Gasteiger partial charge in [0.2, 0.25) is 0 Å². The van der Waals surface area contributed by atoms with Crippen LogP contribution < -0.4 is 4.72 Å². The van der Waals surface area contributed by atoms with Crippen LogP contribution >= 0.6 is 0 Å². The minimum atomic E-state index is -2.02. The summed E-state index contributed by atoms with van der Waals surface area (Å²) in [5.41, 5.74) is 0.911. The number of hydrogen-bond donors (Lipinski definition) is 1. The van der Waals surface area contributed by atoms with Crippen LogP contribution in [-0.2, 0) is 15.8 Å². The molecular weight excluding hydrogens is 360 g/mol. The van der Waals surface area contributed by atoms with Gasteiger partial charge >= 0.3 is 0 Å². The Balaban J connectivity index is 3.23. The summed E-state index contributed by atoms with van der Waals surface area (Å²) in [6.07, 6.45) is 3.48. The van der Waals surface area contributed by atoms with Gasteiger partial charge in [0.1, 0.15) is 10.9 Å². The fourth-order valence-electron chi connectivity index (χ4n) is 2.28. The predicted octanol–water partition coefficient (Wildman–Crippen LogP) is 5.37. The minimum Gasteiger partial charge on any atom is -0.598 e. The van der Waals surface area contributed by atoms with E-state index >= 15 is 0 Å². The van der Waals surface area contributed by atoms with Crippen LogP contribution in [0, 0.1) is 0 Å². The zero-order chi connectivity index (χ0) is 20.2. The van der Waals surface area contributed by atoms with Gasteiger partial charge < -0.3 is 8.98 Å². The second-order valence-corrected chi connectivity index (χ2v) is 16.2. The Labute approximate surface area is 165 Å². The molecule has 1 aromatic heterocycles. The molecule has 0 aromatic carbocycles. The van der Waals surface area contributed by atoms with E-state index in [0.717, 1.165) is 18.5 Å². The Morgan fingerprint density at radius 2 is 1.81 bits per heavy atom. The molecule has 0 radical (unpaired) electrons. The van der Waals surface area contributed by atoms with Crippen molar-refractivity contribution in [2.45, 2.75) is 96.3 Å². The summed E-state index contributed by atoms with van der Waals surface area (Å²) in [7, 11) is -2.02. The van der Waals surface area contributed by atoms with Gasteiger partial charge in [-0.15, -0.1) is 4.72 Å². The van der Waals surface area contributed by atoms with Gasteiger partial charge in [-0.2, -0.15) is 0 Å². The lowest BCUT2D eigenvalue weighted by Crippen LogP contribution is -2.51. The molecule has 0 aliphatic heterocycles. The third-order valence-corrected chi connectivity index (χ3v) is 11.1. The van der Waals surface area contributed by atoms with E-state index in [0.29, 0.717) is 0 Å². The number of aromatic nitrogens is 1. The number of pyridine rings is 1. The van der Waals surface area contributed by atoms with Crippen molar-refractivity contribution >= 4 is 19.7 Å². The number of nitrogens with one attached hydrogen (secondary N) is 1. The maximum atomic E-state index is 12.8. The second-order valence-electron chi connectivity index (χ2n) is 9.45. The normalized spacial score (nSPS) is 17.0. The zero-order valence-electron chi connectivity index (χ0n) is 18.1. The molecule has 1 unspecified atom stereocenters. The van der Waals surface area contributed by atoms with E-state index in [9.17, 15) is 4.55 Å². The molecule has 0 saturated carbocycles. The summed E-state index contributed by atoms with van der Waals surface area (Å²) in [6.45, 7) is 19.4. The first-order valence-electron chi connectivity index (χ1n) is 9.56. The van der Waals surface area contributed by atoms with Gasteiger partial charge in [0, 0.05) is 17.6 Å². The molecule has 1 rings (SSSR count). The number of hydrogen-bond acceptors (Lipinski definition) is 4. The van der Waals surface area contributed by atoms with E-state index < -0.39 is 19.7 Å². The fourth-order valence-corrected chi connectivity index (χ4v) is 4.43. The maximum Gasteiger partial charge on any atom is 0.193 e. The highest BCUT2D eigenvalue weighted by molar-refractivity contribution is 7.90. The summed E-state index contributed by atoms with van der Waals surface area (Å²) in [5.74, 6) is 0. The zero-order valence-corrected chi connectivity index (χ0v) is 19.9. The summed E-state index contributed by atoms with van der Waals surface area (Å²) in [5, 5.41) is 0.0972. The van der Waals surface area contributed by atoms with E-state index in [-0.39, 0.29) is 21.9 Å². The number of rotatable bonds is 8. The monoisotopic (exact) mass is 398 g/mol. The van der Waals surface area contributed by atoms with E-state index in [1.807, 2.05) is 39.0 Å². The fraction of sp³-hybridized carbons (Fsp3) is 0.750. The van der Waals surface area contributed by atoms with Gasteiger partial charge in [-0.3, -0.25) is 4.98 Å². The predicted molar refractivity (Wildman–Crippen MR) is 115 cm³/mol. The Morgan fingerprint density at radius 3 is 2.23 bits per heavy atom. The van der Waals surface area contributed by atoms with Crippen LogP contribution in [0.5, 0.6) is 0 Å². The van der Waals surface area contributed by atoms with Crippen LogP contribution in [0.25, 0.3) is 0 Å². The molecule has 1 N–H and O–H groups in total. The molecule has 1 aromatic rings. The first-order valence-corrected chi connectivity index (χ1v) is 13.6. The Hall–Kier alpha value is -0.403. The molecule has 3 atom stereocenters. The second kappa shape index (κ2) is 9.19. The van der Waals surface area contributed by atoms with Crippen molar-refractivity contribution in [2.24, 2.45) is 0 Å². The molecular formula is C20H38N2O2SSi. The third-order valence-electron chi connectivity index (χ3n) is 4.99. The van der Waals surface area contributed by atoms with E-state index in [1.54, 1.807) is 6.20 Å². The van der Waals surface area contributed by atoms with Crippen LogP contribution in [-0.4, -0.2) is 28.6 Å². The van der Waals surface area contributed by atoms with Gasteiger partial charge in [0.05, 0.1) is 11.7 Å². The third kappa shape index (κ3) is 6.64. The van der Waals surface area contributed by atoms with Crippen molar-refractivity contribution < 1.29 is 8.98 Å². The van der Waals surface area contributed by atoms with Crippen LogP contribution in [0.2, 0.25) is 18.1 Å². The first kappa shape index (κ1) is 23.6. The van der Waals surface area contributed by atoms with Crippen molar-refractivity contribution in [3.8, 4) is 0 Å². The average molecular weight is 399 g/mol. The van der Waals surface area contributed by atoms with Gasteiger partial charge in [-0.05, 0) is 57.5 Å². The highest BCUT2D eigenvalue weighted by Gasteiger charge is 2.43. The molecule has 0 fully saturated rings. The molecule has 0 saturated heterocycles. The minimum absolute atomic E-state index is 0.0379. The SMILES string of the molecule is CCC[C@H](N[S@+]([O-])C(C)(C)C)C(O[Si](C)(C)C(C)(C)C)c1ccccn1. The van der Waals surface area contributed by atoms with E-state index in [1.165, 1.54) is 0 Å². The number of nitrogens with zero attached hydrogens (tertiary/aromatic N) is 1. The molecule has 26 heavy (non-hydrogen) atoms. The Bertz CT molecular complexity index is 541. The lowest BCUT2D eigenvalue weighted by atomic mass is 10.0. The van der Waals surface area contributed by atoms with Gasteiger partial charge in [0.25, 0.3) is 0 Å². The largest absolute Gasteiger partial charge is 0.598 e. The van der Waals surface area contributed by atoms with Crippen LogP contribution in [0.4, 0.5) is 0 Å². The van der Waals surface area contributed by atoms with Crippen molar-refractivity contribution in [2.75, 3.05) is 0 Å². The topological polar surface area (TPSA) is 57.2 Å². The molecule has 0 spiro atoms. The molecule has 0 bridgehead atoms. The molecule has 0 aliphatic carbocycles. The summed E-state index contributed by atoms with van der Waals surface area (Å²) in [6, 6.07) is 5.89. The molecule has 150 valence electrons. The smallest absolute Gasteiger partial charge is 0.193 e. The molecule has 0 aliphatic rings. The van der Waals surface area contributed by atoms with Crippen LogP contribution in [0.15, 0.2) is 24.4 Å². The maximum absolute atomic E-state index is 12.8. The van der Waals surface area contributed by atoms with Crippen molar-refractivity contribution in [3.63, 3.8) is 0 Å². The van der Waals surface area contributed by atoms with Gasteiger partial charge in [0.15, 0.2) is 8.32 Å². The van der Waals surface area contributed by atoms with Crippen molar-refractivity contribution in [3.05, 3.63) is 30.1 Å². The Kier molecular flexibility index (Phi) is 8.36. The van der Waals surface area contributed by atoms with Crippen molar-refractivity contribution in [1.29, 1.82) is 0 Å². The van der Waals surface area contributed by atoms with Crippen LogP contribution in [0.3, 0.4) is 0 Å². The van der Waals surface area contributed by atoms with Crippen LogP contribution in [0.1, 0.15) is 73.1 Å². The summed E-state index contributed by atoms with van der Waals surface area (Å²) < 4.78 is 22.6. The first-order chi connectivity index (χ1) is 11.8. The van der Waals surface area contributed by atoms with Gasteiger partial charge in [-0.1, -0.05) is 40.2 Å². The quantitative estimate of drug-likeness (QED) is 0.473. The van der Waals surface area contributed by atoms with E-state index in [2.05, 4.69) is 50.5 Å². The molecule has 1 heterocycles.